The van der Waals surface area contributed by atoms with E-state index in [1.165, 1.54) is 6.92 Å². The number of nitrogens with one attached hydrogen (secondary N) is 1. The normalized spacial score (nSPS) is 11.9. The Hall–Kier alpha value is -2.18. The molecule has 6 nitrogen and oxygen atoms in total. The largest absolute Gasteiger partial charge is 0.480 e. The molecule has 1 aromatic carbocycles. The Kier molecular flexibility index (Phi) is 3.39. The van der Waals surface area contributed by atoms with Crippen molar-refractivity contribution < 1.29 is 19.2 Å². The minimum Gasteiger partial charge on any atom is -0.480 e. The number of hydrogen-bond donors (Lipinski definition) is 2. The number of anilines is 1. The predicted molar refractivity (Wildman–Crippen MR) is 53.8 cm³/mol. The minimum atomic E-state index is -1.13. The van der Waals surface area contributed by atoms with Gasteiger partial charge in [-0.15, -0.1) is 0 Å². The van der Waals surface area contributed by atoms with Crippen molar-refractivity contribution in [3.8, 4) is 0 Å². The molecule has 0 heterocycles. The summed E-state index contributed by atoms with van der Waals surface area (Å²) in [4.78, 5) is 20.2. The van der Waals surface area contributed by atoms with E-state index in [1.807, 2.05) is 0 Å². The summed E-state index contributed by atoms with van der Waals surface area (Å²) in [5.74, 6) is -1.93. The van der Waals surface area contributed by atoms with Crippen molar-refractivity contribution in [1.82, 2.24) is 0 Å². The highest BCUT2D eigenvalue weighted by molar-refractivity contribution is 5.76. The summed E-state index contributed by atoms with van der Waals surface area (Å²) in [5.41, 5.74) is -0.373. The van der Waals surface area contributed by atoms with Gasteiger partial charge in [0.15, 0.2) is 0 Å². The van der Waals surface area contributed by atoms with E-state index in [0.29, 0.717) is 0 Å². The number of aliphatic carboxylic acids is 1. The Morgan fingerprint density at radius 3 is 2.69 bits per heavy atom. The summed E-state index contributed by atoms with van der Waals surface area (Å²) in [6, 6.07) is 1.87. The Morgan fingerprint density at radius 1 is 1.56 bits per heavy atom. The molecule has 0 radical (unpaired) electrons. The molecule has 0 fully saturated rings. The molecule has 0 amide bonds. The van der Waals surface area contributed by atoms with Gasteiger partial charge in [-0.1, -0.05) is 0 Å². The topological polar surface area (TPSA) is 92.5 Å². The van der Waals surface area contributed by atoms with Crippen molar-refractivity contribution in [1.29, 1.82) is 0 Å². The Balaban J connectivity index is 2.97. The highest BCUT2D eigenvalue weighted by atomic mass is 19.1. The first-order chi connectivity index (χ1) is 7.40. The van der Waals surface area contributed by atoms with Crippen LogP contribution >= 0.6 is 0 Å². The predicted octanol–water partition coefficient (Wildman–Crippen LogP) is 1.62. The maximum Gasteiger partial charge on any atom is 0.325 e. The van der Waals surface area contributed by atoms with Crippen molar-refractivity contribution in [3.63, 3.8) is 0 Å². The first-order valence-electron chi connectivity index (χ1n) is 4.34. The van der Waals surface area contributed by atoms with E-state index in [1.54, 1.807) is 0 Å². The van der Waals surface area contributed by atoms with Gasteiger partial charge in [-0.3, -0.25) is 14.9 Å². The van der Waals surface area contributed by atoms with Crippen LogP contribution in [0.25, 0.3) is 0 Å². The van der Waals surface area contributed by atoms with Crippen LogP contribution in [0.5, 0.6) is 0 Å². The number of carboxylic acids is 1. The molecule has 0 aliphatic heterocycles. The van der Waals surface area contributed by atoms with Gasteiger partial charge in [0.05, 0.1) is 11.0 Å². The molecule has 0 saturated heterocycles. The molecule has 86 valence electrons. The lowest BCUT2D eigenvalue weighted by Gasteiger charge is -2.10. The second-order valence-electron chi connectivity index (χ2n) is 3.16. The number of nitro groups is 1. The fourth-order valence-corrected chi connectivity index (χ4v) is 1.07. The zero-order valence-electron chi connectivity index (χ0n) is 8.31. The fourth-order valence-electron chi connectivity index (χ4n) is 1.07. The number of carbonyl (C=O) groups is 1. The highest BCUT2D eigenvalue weighted by Crippen LogP contribution is 2.20. The number of rotatable bonds is 4. The number of halogens is 1. The highest BCUT2D eigenvalue weighted by Gasteiger charge is 2.14. The molecule has 1 atom stereocenters. The third kappa shape index (κ3) is 2.91. The van der Waals surface area contributed by atoms with E-state index in [4.69, 9.17) is 5.11 Å². The first-order valence-corrected chi connectivity index (χ1v) is 4.34. The van der Waals surface area contributed by atoms with Crippen LogP contribution in [-0.2, 0) is 4.79 Å². The van der Waals surface area contributed by atoms with Gasteiger partial charge in [0.1, 0.15) is 11.9 Å². The van der Waals surface area contributed by atoms with E-state index in [0.717, 1.165) is 18.2 Å². The van der Waals surface area contributed by atoms with Gasteiger partial charge in [-0.2, -0.15) is 0 Å². The number of non-ortho nitro benzene ring substituents is 1. The standard InChI is InChI=1S/C9H9FN2O4/c1-5(9(13)14)11-7-2-6(10)3-8(4-7)12(15)16/h2-5,11H,1H3,(H,13,14). The second kappa shape index (κ2) is 4.56. The van der Waals surface area contributed by atoms with E-state index >= 15 is 0 Å². The lowest BCUT2D eigenvalue weighted by molar-refractivity contribution is -0.385. The molecular formula is C9H9FN2O4. The van der Waals surface area contributed by atoms with Gasteiger partial charge < -0.3 is 10.4 Å². The maximum absolute atomic E-state index is 12.9. The molecule has 0 spiro atoms. The van der Waals surface area contributed by atoms with Crippen LogP contribution < -0.4 is 5.32 Å². The Labute approximate surface area is 89.9 Å². The van der Waals surface area contributed by atoms with Crippen molar-refractivity contribution in [2.45, 2.75) is 13.0 Å². The van der Waals surface area contributed by atoms with E-state index in [-0.39, 0.29) is 5.69 Å². The monoisotopic (exact) mass is 228 g/mol. The second-order valence-corrected chi connectivity index (χ2v) is 3.16. The van der Waals surface area contributed by atoms with Gasteiger partial charge in [0.25, 0.3) is 5.69 Å². The molecule has 7 heteroatoms. The van der Waals surface area contributed by atoms with Crippen molar-refractivity contribution in [3.05, 3.63) is 34.1 Å². The summed E-state index contributed by atoms with van der Waals surface area (Å²) in [6.45, 7) is 1.35. The van der Waals surface area contributed by atoms with Crippen LogP contribution in [-0.4, -0.2) is 22.0 Å². The van der Waals surface area contributed by atoms with E-state index < -0.39 is 28.4 Å². The molecule has 0 aliphatic rings. The summed E-state index contributed by atoms with van der Waals surface area (Å²) in [7, 11) is 0. The number of carboxylic acid groups (broad SMARTS) is 1. The van der Waals surface area contributed by atoms with E-state index in [2.05, 4.69) is 5.32 Å². The Morgan fingerprint density at radius 2 is 2.19 bits per heavy atom. The van der Waals surface area contributed by atoms with Crippen LogP contribution in [0.15, 0.2) is 18.2 Å². The molecule has 16 heavy (non-hydrogen) atoms. The molecule has 2 N–H and O–H groups in total. The summed E-state index contributed by atoms with van der Waals surface area (Å²) >= 11 is 0. The van der Waals surface area contributed by atoms with Crippen molar-refractivity contribution in [2.24, 2.45) is 0 Å². The SMILES string of the molecule is CC(Nc1cc(F)cc([N+](=O)[O-])c1)C(=O)O. The van der Waals surface area contributed by atoms with E-state index in [9.17, 15) is 19.3 Å². The van der Waals surface area contributed by atoms with Crippen LogP contribution in [0.4, 0.5) is 15.8 Å². The van der Waals surface area contributed by atoms with Crippen molar-refractivity contribution in [2.75, 3.05) is 5.32 Å². The molecule has 1 unspecified atom stereocenters. The number of benzene rings is 1. The maximum atomic E-state index is 12.9. The Bertz CT molecular complexity index is 436. The minimum absolute atomic E-state index is 0.0570. The van der Waals surface area contributed by atoms with Crippen LogP contribution in [0, 0.1) is 15.9 Å². The quantitative estimate of drug-likeness (QED) is 0.603. The summed E-state index contributed by atoms with van der Waals surface area (Å²) < 4.78 is 12.9. The zero-order valence-corrected chi connectivity index (χ0v) is 8.31. The third-order valence-corrected chi connectivity index (χ3v) is 1.85. The molecule has 1 aromatic rings. The van der Waals surface area contributed by atoms with Gasteiger partial charge in [-0.05, 0) is 13.0 Å². The van der Waals surface area contributed by atoms with Crippen LogP contribution in [0.3, 0.4) is 0 Å². The van der Waals surface area contributed by atoms with Gasteiger partial charge >= 0.3 is 5.97 Å². The third-order valence-electron chi connectivity index (χ3n) is 1.85. The smallest absolute Gasteiger partial charge is 0.325 e. The fraction of sp³-hybridized carbons (Fsp3) is 0.222. The molecule has 1 rings (SSSR count). The van der Waals surface area contributed by atoms with Crippen molar-refractivity contribution >= 4 is 17.3 Å². The molecular weight excluding hydrogens is 219 g/mol. The van der Waals surface area contributed by atoms with Gasteiger partial charge in [-0.25, -0.2) is 4.39 Å². The average Bonchev–Trinajstić information content (AvgIpc) is 2.16. The number of hydrogen-bond acceptors (Lipinski definition) is 4. The molecule has 0 bridgehead atoms. The average molecular weight is 228 g/mol. The van der Waals surface area contributed by atoms with Crippen LogP contribution in [0.1, 0.15) is 6.92 Å². The molecule has 0 aliphatic carbocycles. The number of nitro benzene ring substituents is 1. The lowest BCUT2D eigenvalue weighted by atomic mass is 10.2. The summed E-state index contributed by atoms with van der Waals surface area (Å²) in [6.07, 6.45) is 0. The number of nitrogens with zero attached hydrogens (tertiary/aromatic N) is 1. The van der Waals surface area contributed by atoms with Crippen LogP contribution in [0.2, 0.25) is 0 Å². The molecule has 0 saturated carbocycles. The zero-order chi connectivity index (χ0) is 12.3. The molecule has 0 aromatic heterocycles. The van der Waals surface area contributed by atoms with Gasteiger partial charge in [0, 0.05) is 11.8 Å². The summed E-state index contributed by atoms with van der Waals surface area (Å²) in [5, 5.41) is 21.5. The lowest BCUT2D eigenvalue weighted by Crippen LogP contribution is -2.25. The first kappa shape index (κ1) is 11.9. The van der Waals surface area contributed by atoms with Gasteiger partial charge in [0.2, 0.25) is 0 Å².